The van der Waals surface area contributed by atoms with Crippen LogP contribution in [0.4, 0.5) is 11.4 Å². The quantitative estimate of drug-likeness (QED) is 0.413. The van der Waals surface area contributed by atoms with Crippen molar-refractivity contribution in [2.45, 2.75) is 6.92 Å². The van der Waals surface area contributed by atoms with Gasteiger partial charge in [-0.2, -0.15) is 0 Å². The predicted octanol–water partition coefficient (Wildman–Crippen LogP) is 6.51. The number of nitrogens with two attached hydrogens (primary N) is 1. The average molecular weight is 350 g/mol. The lowest BCUT2D eigenvalue weighted by molar-refractivity contribution is 1.39. The van der Waals surface area contributed by atoms with E-state index in [1.807, 2.05) is 19.1 Å². The minimum atomic E-state index is 0.738. The third-order valence-corrected chi connectivity index (χ3v) is 4.94. The van der Waals surface area contributed by atoms with Gasteiger partial charge in [-0.25, -0.2) is 0 Å². The van der Waals surface area contributed by atoms with Gasteiger partial charge in [-0.05, 0) is 35.7 Å². The molecule has 3 N–H and O–H groups in total. The summed E-state index contributed by atoms with van der Waals surface area (Å²) in [6.07, 6.45) is 5.70. The fraction of sp³-hybridized carbons (Fsp3) is 0.0400. The van der Waals surface area contributed by atoms with Crippen molar-refractivity contribution in [3.05, 3.63) is 103 Å². The molecule has 1 aliphatic heterocycles. The molecule has 4 rings (SSSR count). The molecular weight excluding hydrogens is 328 g/mol. The molecule has 0 aliphatic carbocycles. The van der Waals surface area contributed by atoms with Crippen LogP contribution in [0.25, 0.3) is 27.8 Å². The maximum absolute atomic E-state index is 6.34. The zero-order valence-corrected chi connectivity index (χ0v) is 15.4. The highest BCUT2D eigenvalue weighted by molar-refractivity contribution is 6.03. The van der Waals surface area contributed by atoms with Gasteiger partial charge in [-0.3, -0.25) is 0 Å². The van der Waals surface area contributed by atoms with Crippen molar-refractivity contribution in [3.8, 4) is 22.3 Å². The number of anilines is 2. The SMILES string of the molecule is C=C/C=C(\C(N)=C/C)c1cccc2c1-c1ccccc1-c1ccccc1N2. The highest BCUT2D eigenvalue weighted by Crippen LogP contribution is 2.47. The minimum Gasteiger partial charge on any atom is -0.398 e. The summed E-state index contributed by atoms with van der Waals surface area (Å²) in [7, 11) is 0. The van der Waals surface area contributed by atoms with Crippen molar-refractivity contribution in [1.82, 2.24) is 0 Å². The second-order valence-corrected chi connectivity index (χ2v) is 6.50. The lowest BCUT2D eigenvalue weighted by atomic mass is 9.88. The Morgan fingerprint density at radius 1 is 0.852 bits per heavy atom. The number of benzene rings is 3. The Morgan fingerprint density at radius 2 is 1.52 bits per heavy atom. The Morgan fingerprint density at radius 3 is 2.26 bits per heavy atom. The summed E-state index contributed by atoms with van der Waals surface area (Å²) in [6, 6.07) is 23.3. The van der Waals surface area contributed by atoms with Crippen molar-refractivity contribution < 1.29 is 0 Å². The maximum Gasteiger partial charge on any atom is 0.0470 e. The van der Waals surface area contributed by atoms with Gasteiger partial charge in [0.05, 0.1) is 0 Å². The second kappa shape index (κ2) is 7.00. The first kappa shape index (κ1) is 16.9. The largest absolute Gasteiger partial charge is 0.398 e. The van der Waals surface area contributed by atoms with Crippen molar-refractivity contribution in [3.63, 3.8) is 0 Å². The molecule has 3 aromatic carbocycles. The molecule has 132 valence electrons. The van der Waals surface area contributed by atoms with Crippen LogP contribution in [-0.4, -0.2) is 0 Å². The molecule has 0 fully saturated rings. The zero-order valence-electron chi connectivity index (χ0n) is 15.4. The molecule has 2 heteroatoms. The third-order valence-electron chi connectivity index (χ3n) is 4.94. The molecule has 0 spiro atoms. The zero-order chi connectivity index (χ0) is 18.8. The summed E-state index contributed by atoms with van der Waals surface area (Å²) in [6.45, 7) is 5.83. The van der Waals surface area contributed by atoms with Crippen LogP contribution in [-0.2, 0) is 0 Å². The molecule has 0 radical (unpaired) electrons. The van der Waals surface area contributed by atoms with Gasteiger partial charge in [0.1, 0.15) is 0 Å². The summed E-state index contributed by atoms with van der Waals surface area (Å²) in [4.78, 5) is 0. The number of allylic oxidation sites excluding steroid dienone is 4. The first-order valence-corrected chi connectivity index (χ1v) is 9.08. The number of hydrogen-bond acceptors (Lipinski definition) is 2. The Balaban J connectivity index is 2.08. The van der Waals surface area contributed by atoms with Crippen molar-refractivity contribution in [2.24, 2.45) is 5.73 Å². The molecule has 0 saturated heterocycles. The highest BCUT2D eigenvalue weighted by Gasteiger charge is 2.22. The van der Waals surface area contributed by atoms with Crippen molar-refractivity contribution in [1.29, 1.82) is 0 Å². The van der Waals surface area contributed by atoms with Gasteiger partial charge in [0.25, 0.3) is 0 Å². The van der Waals surface area contributed by atoms with Crippen LogP contribution in [0.3, 0.4) is 0 Å². The van der Waals surface area contributed by atoms with Crippen LogP contribution in [0.5, 0.6) is 0 Å². The van der Waals surface area contributed by atoms with E-state index in [4.69, 9.17) is 5.73 Å². The van der Waals surface area contributed by atoms with Gasteiger partial charge < -0.3 is 11.1 Å². The number of fused-ring (bicyclic) bond motifs is 5. The predicted molar refractivity (Wildman–Crippen MR) is 117 cm³/mol. The first-order valence-electron chi connectivity index (χ1n) is 9.08. The van der Waals surface area contributed by atoms with E-state index >= 15 is 0 Å². The molecule has 27 heavy (non-hydrogen) atoms. The Kier molecular flexibility index (Phi) is 4.39. The molecular formula is C25H22N2. The molecule has 0 saturated carbocycles. The number of para-hydroxylation sites is 1. The number of nitrogens with one attached hydrogen (secondary N) is 1. The fourth-order valence-electron chi connectivity index (χ4n) is 3.69. The lowest BCUT2D eigenvalue weighted by Gasteiger charge is -2.18. The van der Waals surface area contributed by atoms with E-state index in [0.717, 1.165) is 33.8 Å². The number of rotatable bonds is 3. The van der Waals surface area contributed by atoms with Gasteiger partial charge in [-0.15, -0.1) is 0 Å². The van der Waals surface area contributed by atoms with Gasteiger partial charge in [0, 0.05) is 33.8 Å². The van der Waals surface area contributed by atoms with Crippen LogP contribution in [0.1, 0.15) is 12.5 Å². The highest BCUT2D eigenvalue weighted by atomic mass is 14.9. The summed E-state index contributed by atoms with van der Waals surface area (Å²) in [5.74, 6) is 0. The average Bonchev–Trinajstić information content (AvgIpc) is 2.86. The van der Waals surface area contributed by atoms with Crippen LogP contribution < -0.4 is 11.1 Å². The van der Waals surface area contributed by atoms with E-state index in [1.165, 1.54) is 16.7 Å². The van der Waals surface area contributed by atoms with E-state index in [0.29, 0.717) is 0 Å². The van der Waals surface area contributed by atoms with Crippen LogP contribution in [0.15, 0.2) is 97.2 Å². The summed E-state index contributed by atoms with van der Waals surface area (Å²) in [5.41, 5.74) is 16.1. The van der Waals surface area contributed by atoms with Crippen molar-refractivity contribution >= 4 is 16.9 Å². The van der Waals surface area contributed by atoms with Gasteiger partial charge >= 0.3 is 0 Å². The lowest BCUT2D eigenvalue weighted by Crippen LogP contribution is -2.03. The number of hydrogen-bond donors (Lipinski definition) is 2. The smallest absolute Gasteiger partial charge is 0.0470 e. The van der Waals surface area contributed by atoms with E-state index < -0.39 is 0 Å². The summed E-state index contributed by atoms with van der Waals surface area (Å²) in [5, 5.41) is 3.63. The molecule has 0 atom stereocenters. The molecule has 1 aliphatic rings. The Labute approximate surface area is 160 Å². The van der Waals surface area contributed by atoms with E-state index in [2.05, 4.69) is 78.6 Å². The minimum absolute atomic E-state index is 0.738. The molecule has 0 amide bonds. The first-order chi connectivity index (χ1) is 13.2. The topological polar surface area (TPSA) is 38.0 Å². The summed E-state index contributed by atoms with van der Waals surface area (Å²) >= 11 is 0. The maximum atomic E-state index is 6.34. The monoisotopic (exact) mass is 350 g/mol. The molecule has 0 unspecified atom stereocenters. The van der Waals surface area contributed by atoms with Crippen LogP contribution in [0, 0.1) is 0 Å². The molecule has 2 nitrogen and oxygen atoms in total. The molecule has 3 aromatic rings. The molecule has 0 bridgehead atoms. The van der Waals surface area contributed by atoms with E-state index in [-0.39, 0.29) is 0 Å². The third kappa shape index (κ3) is 2.85. The standard InChI is InChI=1S/C25H22N2/c1-3-10-18(22(26)4-2)21-14-9-16-24-25(21)20-13-6-5-11-17(20)19-12-7-8-15-23(19)27-24/h3-16,27H,1,26H2,2H3/b18-10-,22-4+. The van der Waals surface area contributed by atoms with Crippen LogP contribution in [0.2, 0.25) is 0 Å². The normalized spacial score (nSPS) is 12.9. The van der Waals surface area contributed by atoms with Crippen molar-refractivity contribution in [2.75, 3.05) is 5.32 Å². The molecule has 1 heterocycles. The molecule has 0 aromatic heterocycles. The summed E-state index contributed by atoms with van der Waals surface area (Å²) < 4.78 is 0. The Bertz CT molecular complexity index is 1090. The Hall–Kier alpha value is -3.52. The fourth-order valence-corrected chi connectivity index (χ4v) is 3.69. The van der Waals surface area contributed by atoms with Gasteiger partial charge in [0.15, 0.2) is 0 Å². The van der Waals surface area contributed by atoms with Gasteiger partial charge in [-0.1, -0.05) is 79.4 Å². The van der Waals surface area contributed by atoms with Crippen LogP contribution >= 0.6 is 0 Å². The van der Waals surface area contributed by atoms with Gasteiger partial charge in [0.2, 0.25) is 0 Å². The van der Waals surface area contributed by atoms with E-state index in [9.17, 15) is 0 Å². The van der Waals surface area contributed by atoms with E-state index in [1.54, 1.807) is 6.08 Å². The second-order valence-electron chi connectivity index (χ2n) is 6.50.